The molecule has 4 nitrogen and oxygen atoms in total. The zero-order valence-electron chi connectivity index (χ0n) is 15.8. The van der Waals surface area contributed by atoms with Crippen LogP contribution < -0.4 is 0 Å². The number of rotatable bonds is 8. The molecule has 142 valence electrons. The van der Waals surface area contributed by atoms with Crippen molar-refractivity contribution in [2.24, 2.45) is 16.1 Å². The van der Waals surface area contributed by atoms with Crippen LogP contribution in [0.15, 0.2) is 46.1 Å². The van der Waals surface area contributed by atoms with Crippen molar-refractivity contribution in [1.29, 1.82) is 0 Å². The van der Waals surface area contributed by atoms with Crippen molar-refractivity contribution >= 4 is 41.6 Å². The van der Waals surface area contributed by atoms with E-state index < -0.39 is 0 Å². The van der Waals surface area contributed by atoms with E-state index in [1.54, 1.807) is 6.21 Å². The molecule has 0 fully saturated rings. The molecule has 2 aromatic rings. The minimum atomic E-state index is 0.250. The molecule has 0 unspecified atom stereocenters. The van der Waals surface area contributed by atoms with Crippen molar-refractivity contribution in [3.05, 3.63) is 50.3 Å². The van der Waals surface area contributed by atoms with Crippen LogP contribution in [0, 0.1) is 9.87 Å². The van der Waals surface area contributed by atoms with Gasteiger partial charge in [0.1, 0.15) is 5.71 Å². The van der Waals surface area contributed by atoms with Crippen LogP contribution in [0.2, 0.25) is 0 Å². The minimum Gasteiger partial charge on any atom is -0.493 e. The first kappa shape index (κ1) is 19.7. The summed E-state index contributed by atoms with van der Waals surface area (Å²) in [6.45, 7) is 5.18. The first-order chi connectivity index (χ1) is 13.1. The molecule has 0 spiro atoms. The molecular weight excluding hydrogens is 374 g/mol. The molecule has 27 heavy (non-hydrogen) atoms. The van der Waals surface area contributed by atoms with Gasteiger partial charge in [0, 0.05) is 17.7 Å². The van der Waals surface area contributed by atoms with Crippen LogP contribution in [0.4, 0.5) is 0 Å². The fraction of sp³-hybridized carbons (Fsp3) is 0.381. The average molecular weight is 400 g/mol. The number of hydrogen-bond acceptors (Lipinski definition) is 5. The summed E-state index contributed by atoms with van der Waals surface area (Å²) in [4.78, 5) is 0.761. The van der Waals surface area contributed by atoms with E-state index in [9.17, 15) is 5.11 Å². The Morgan fingerprint density at radius 3 is 2.74 bits per heavy atom. The largest absolute Gasteiger partial charge is 0.493 e. The van der Waals surface area contributed by atoms with Gasteiger partial charge in [0.2, 0.25) is 5.88 Å². The van der Waals surface area contributed by atoms with Gasteiger partial charge >= 0.3 is 0 Å². The SMILES string of the molecule is CCCC[C@@H](CC)Cn1c(O)c(/C=C2\C=NN=C2c2ccccc2)sc1=S. The van der Waals surface area contributed by atoms with E-state index >= 15 is 0 Å². The smallest absolute Gasteiger partial charge is 0.210 e. The number of hydrogen-bond donors (Lipinski definition) is 1. The standard InChI is InChI=1S/C21H25N3OS2/c1-3-5-9-15(4-2)14-24-20(25)18(27-21(24)26)12-17-13-22-23-19(17)16-10-7-6-8-11-16/h6-8,10-13,15,25H,3-5,9,14H2,1-2H3/b17-12+/t15-/m1/s1. The van der Waals surface area contributed by atoms with E-state index in [4.69, 9.17) is 12.2 Å². The summed E-state index contributed by atoms with van der Waals surface area (Å²) in [5, 5.41) is 19.1. The number of aromatic hydroxyl groups is 1. The second-order valence-corrected chi connectivity index (χ2v) is 8.42. The van der Waals surface area contributed by atoms with Gasteiger partial charge in [-0.1, -0.05) is 63.4 Å². The summed E-state index contributed by atoms with van der Waals surface area (Å²) in [5.41, 5.74) is 2.71. The molecule has 1 aliphatic rings. The third-order valence-electron chi connectivity index (χ3n) is 4.84. The Hall–Kier alpha value is -2.05. The number of nitrogens with zero attached hydrogens (tertiary/aromatic N) is 3. The quantitative estimate of drug-likeness (QED) is 0.547. The summed E-state index contributed by atoms with van der Waals surface area (Å²) in [6, 6.07) is 9.95. The van der Waals surface area contributed by atoms with Gasteiger partial charge in [-0.05, 0) is 30.6 Å². The zero-order valence-corrected chi connectivity index (χ0v) is 17.4. The summed E-state index contributed by atoms with van der Waals surface area (Å²) in [5.74, 6) is 0.785. The predicted molar refractivity (Wildman–Crippen MR) is 118 cm³/mol. The van der Waals surface area contributed by atoms with E-state index in [0.29, 0.717) is 9.87 Å². The maximum atomic E-state index is 10.8. The first-order valence-corrected chi connectivity index (χ1v) is 10.7. The molecule has 1 atom stereocenters. The average Bonchev–Trinajstić information content (AvgIpc) is 3.25. The number of thiazole rings is 1. The van der Waals surface area contributed by atoms with E-state index in [2.05, 4.69) is 24.1 Å². The minimum absolute atomic E-state index is 0.250. The highest BCUT2D eigenvalue weighted by atomic mass is 32.1. The molecule has 0 saturated carbocycles. The van der Waals surface area contributed by atoms with Crippen LogP contribution in [0.1, 0.15) is 50.0 Å². The number of unbranched alkanes of at least 4 members (excludes halogenated alkanes) is 1. The molecule has 0 saturated heterocycles. The Balaban J connectivity index is 1.86. The topological polar surface area (TPSA) is 49.9 Å². The number of benzene rings is 1. The fourth-order valence-electron chi connectivity index (χ4n) is 3.18. The Morgan fingerprint density at radius 1 is 1.26 bits per heavy atom. The molecule has 1 aromatic heterocycles. The molecule has 0 aliphatic carbocycles. The maximum Gasteiger partial charge on any atom is 0.210 e. The Morgan fingerprint density at radius 2 is 2.04 bits per heavy atom. The molecule has 0 amide bonds. The number of aromatic nitrogens is 1. The maximum absolute atomic E-state index is 10.8. The zero-order chi connectivity index (χ0) is 19.2. The van der Waals surface area contributed by atoms with E-state index in [-0.39, 0.29) is 5.88 Å². The van der Waals surface area contributed by atoms with E-state index in [1.807, 2.05) is 41.0 Å². The van der Waals surface area contributed by atoms with Crippen molar-refractivity contribution in [3.63, 3.8) is 0 Å². The second kappa shape index (κ2) is 9.24. The van der Waals surface area contributed by atoms with Crippen LogP contribution in [0.3, 0.4) is 0 Å². The monoisotopic (exact) mass is 399 g/mol. The van der Waals surface area contributed by atoms with Crippen LogP contribution in [0.25, 0.3) is 6.08 Å². The van der Waals surface area contributed by atoms with Gasteiger partial charge in [0.15, 0.2) is 3.95 Å². The normalized spacial score (nSPS) is 16.1. The van der Waals surface area contributed by atoms with Crippen molar-refractivity contribution in [3.8, 4) is 5.88 Å². The molecule has 1 aromatic carbocycles. The van der Waals surface area contributed by atoms with Gasteiger partial charge in [-0.25, -0.2) is 0 Å². The van der Waals surface area contributed by atoms with Crippen molar-refractivity contribution in [1.82, 2.24) is 4.57 Å². The lowest BCUT2D eigenvalue weighted by atomic mass is 9.99. The molecule has 1 aliphatic heterocycles. The summed E-state index contributed by atoms with van der Waals surface area (Å²) >= 11 is 6.97. The van der Waals surface area contributed by atoms with Gasteiger partial charge in [0.05, 0.1) is 11.1 Å². The molecule has 3 rings (SSSR count). The molecule has 0 radical (unpaired) electrons. The van der Waals surface area contributed by atoms with E-state index in [1.165, 1.54) is 24.2 Å². The van der Waals surface area contributed by atoms with Crippen LogP contribution in [0.5, 0.6) is 5.88 Å². The highest BCUT2D eigenvalue weighted by Gasteiger charge is 2.18. The van der Waals surface area contributed by atoms with Gasteiger partial charge in [-0.15, -0.1) is 16.4 Å². The third-order valence-corrected chi connectivity index (χ3v) is 6.23. The molecule has 6 heteroatoms. The summed E-state index contributed by atoms with van der Waals surface area (Å²) in [7, 11) is 0. The van der Waals surface area contributed by atoms with E-state index in [0.717, 1.165) is 41.1 Å². The lowest BCUT2D eigenvalue weighted by Gasteiger charge is -2.15. The van der Waals surface area contributed by atoms with Crippen molar-refractivity contribution < 1.29 is 5.11 Å². The highest BCUT2D eigenvalue weighted by molar-refractivity contribution is 7.73. The Bertz CT molecular complexity index is 923. The fourth-order valence-corrected chi connectivity index (χ4v) is 4.46. The summed E-state index contributed by atoms with van der Waals surface area (Å²) in [6.07, 6.45) is 8.31. The number of allylic oxidation sites excluding steroid dienone is 1. The molecule has 0 bridgehead atoms. The van der Waals surface area contributed by atoms with Gasteiger partial charge in [-0.2, -0.15) is 5.10 Å². The lowest BCUT2D eigenvalue weighted by Crippen LogP contribution is -2.10. The predicted octanol–water partition coefficient (Wildman–Crippen LogP) is 6.07. The lowest BCUT2D eigenvalue weighted by molar-refractivity contribution is 0.347. The second-order valence-electron chi connectivity index (χ2n) is 6.74. The summed E-state index contributed by atoms with van der Waals surface area (Å²) < 4.78 is 2.59. The van der Waals surface area contributed by atoms with Gasteiger partial charge in [-0.3, -0.25) is 4.57 Å². The van der Waals surface area contributed by atoms with Gasteiger partial charge < -0.3 is 5.11 Å². The molecule has 1 N–H and O–H groups in total. The third kappa shape index (κ3) is 4.62. The Labute approximate surface area is 169 Å². The highest BCUT2D eigenvalue weighted by Crippen LogP contribution is 2.31. The van der Waals surface area contributed by atoms with Gasteiger partial charge in [0.25, 0.3) is 0 Å². The Kier molecular flexibility index (Phi) is 6.74. The van der Waals surface area contributed by atoms with Crippen LogP contribution >= 0.6 is 23.6 Å². The van der Waals surface area contributed by atoms with Crippen LogP contribution in [-0.4, -0.2) is 21.6 Å². The molecule has 2 heterocycles. The van der Waals surface area contributed by atoms with Crippen LogP contribution in [-0.2, 0) is 6.54 Å². The first-order valence-electron chi connectivity index (χ1n) is 9.45. The van der Waals surface area contributed by atoms with Crippen molar-refractivity contribution in [2.45, 2.75) is 46.1 Å². The van der Waals surface area contributed by atoms with Crippen molar-refractivity contribution in [2.75, 3.05) is 0 Å². The molecular formula is C21H25N3OS2.